The number of amides is 1. The first-order chi connectivity index (χ1) is 8.21. The van der Waals surface area contributed by atoms with E-state index in [0.717, 1.165) is 5.56 Å². The van der Waals surface area contributed by atoms with Crippen LogP contribution in [0.1, 0.15) is 5.56 Å². The van der Waals surface area contributed by atoms with Gasteiger partial charge in [0.1, 0.15) is 5.75 Å². The highest BCUT2D eigenvalue weighted by molar-refractivity contribution is 5.80. The van der Waals surface area contributed by atoms with Crippen molar-refractivity contribution < 1.29 is 19.4 Å². The number of hydrogen-bond donors (Lipinski definition) is 3. The van der Waals surface area contributed by atoms with E-state index in [1.165, 1.54) is 7.11 Å². The number of hydrogen-bond acceptors (Lipinski definition) is 5. The fraction of sp³-hybridized carbons (Fsp3) is 0.364. The van der Waals surface area contributed by atoms with Crippen LogP contribution in [-0.2, 0) is 16.1 Å². The Bertz CT molecular complexity index is 353. The Morgan fingerprint density at radius 2 is 2.12 bits per heavy atom. The predicted molar refractivity (Wildman–Crippen MR) is 61.0 cm³/mol. The van der Waals surface area contributed by atoms with Gasteiger partial charge in [-0.25, -0.2) is 5.84 Å². The second-order valence-electron chi connectivity index (χ2n) is 3.37. The van der Waals surface area contributed by atoms with Gasteiger partial charge in [-0.1, -0.05) is 12.1 Å². The lowest BCUT2D eigenvalue weighted by Crippen LogP contribution is -2.44. The topological polar surface area (TPSA) is 93.8 Å². The van der Waals surface area contributed by atoms with Crippen LogP contribution in [0, 0.1) is 0 Å². The van der Waals surface area contributed by atoms with E-state index in [4.69, 9.17) is 20.4 Å². The summed E-state index contributed by atoms with van der Waals surface area (Å²) in [6, 6.07) is 6.75. The minimum Gasteiger partial charge on any atom is -0.478 e. The molecule has 6 nitrogen and oxygen atoms in total. The van der Waals surface area contributed by atoms with Crippen LogP contribution >= 0.6 is 0 Å². The van der Waals surface area contributed by atoms with Crippen molar-refractivity contribution in [3.63, 3.8) is 0 Å². The van der Waals surface area contributed by atoms with Gasteiger partial charge in [-0.05, 0) is 17.7 Å². The van der Waals surface area contributed by atoms with Gasteiger partial charge < -0.3 is 14.6 Å². The number of hydrazine groups is 1. The van der Waals surface area contributed by atoms with E-state index in [9.17, 15) is 4.79 Å². The summed E-state index contributed by atoms with van der Waals surface area (Å²) in [5.74, 6) is 5.08. The summed E-state index contributed by atoms with van der Waals surface area (Å²) >= 11 is 0. The Labute approximate surface area is 99.3 Å². The van der Waals surface area contributed by atoms with Gasteiger partial charge in [0.15, 0.2) is 0 Å². The summed E-state index contributed by atoms with van der Waals surface area (Å²) in [6.45, 7) is 0.0653. The molecule has 0 aliphatic heterocycles. The number of nitrogens with one attached hydrogen (secondary N) is 1. The van der Waals surface area contributed by atoms with E-state index >= 15 is 0 Å². The fourth-order valence-corrected chi connectivity index (χ4v) is 1.25. The Kier molecular flexibility index (Phi) is 5.41. The van der Waals surface area contributed by atoms with Gasteiger partial charge in [-0.2, -0.15) is 0 Å². The van der Waals surface area contributed by atoms with E-state index < -0.39 is 12.0 Å². The smallest absolute Gasteiger partial charge is 0.277 e. The molecule has 1 rings (SSSR count). The first-order valence-electron chi connectivity index (χ1n) is 5.07. The number of carbonyl (C=O) groups excluding carboxylic acids is 1. The van der Waals surface area contributed by atoms with Gasteiger partial charge >= 0.3 is 0 Å². The third-order valence-corrected chi connectivity index (χ3v) is 2.14. The van der Waals surface area contributed by atoms with Crippen LogP contribution in [0.25, 0.3) is 0 Å². The van der Waals surface area contributed by atoms with Gasteiger partial charge in [0.05, 0.1) is 13.2 Å². The van der Waals surface area contributed by atoms with Crippen LogP contribution in [0.15, 0.2) is 24.3 Å². The van der Waals surface area contributed by atoms with Crippen molar-refractivity contribution in [3.8, 4) is 5.75 Å². The fourth-order valence-electron chi connectivity index (χ4n) is 1.25. The summed E-state index contributed by atoms with van der Waals surface area (Å²) in [6.07, 6.45) is -0.801. The Hall–Kier alpha value is -1.63. The standard InChI is InChI=1S/C11H16N2O4/c1-16-7-10(11(15)13-12)17-9-4-2-8(6-14)3-5-9/h2-5,10,14H,6-7,12H2,1H3,(H,13,15). The molecular weight excluding hydrogens is 224 g/mol. The number of aliphatic hydroxyl groups excluding tert-OH is 1. The average Bonchev–Trinajstić information content (AvgIpc) is 2.38. The maximum Gasteiger partial charge on any atom is 0.277 e. The molecule has 1 unspecified atom stereocenters. The molecule has 1 amide bonds. The number of rotatable bonds is 6. The van der Waals surface area contributed by atoms with E-state index in [1.54, 1.807) is 24.3 Å². The van der Waals surface area contributed by atoms with Crippen LogP contribution < -0.4 is 16.0 Å². The highest BCUT2D eigenvalue weighted by Crippen LogP contribution is 2.14. The number of methoxy groups -OCH3 is 1. The zero-order valence-corrected chi connectivity index (χ0v) is 9.55. The highest BCUT2D eigenvalue weighted by atomic mass is 16.5. The van der Waals surface area contributed by atoms with Gasteiger partial charge in [-0.15, -0.1) is 0 Å². The van der Waals surface area contributed by atoms with Crippen molar-refractivity contribution in [2.45, 2.75) is 12.7 Å². The van der Waals surface area contributed by atoms with E-state index in [0.29, 0.717) is 5.75 Å². The molecule has 1 aromatic carbocycles. The van der Waals surface area contributed by atoms with Crippen LogP contribution in [0.3, 0.4) is 0 Å². The lowest BCUT2D eigenvalue weighted by Gasteiger charge is -2.16. The molecule has 4 N–H and O–H groups in total. The highest BCUT2D eigenvalue weighted by Gasteiger charge is 2.19. The van der Waals surface area contributed by atoms with E-state index in [-0.39, 0.29) is 13.2 Å². The molecule has 0 aliphatic rings. The monoisotopic (exact) mass is 240 g/mol. The van der Waals surface area contributed by atoms with Gasteiger partial charge in [-0.3, -0.25) is 10.2 Å². The summed E-state index contributed by atoms with van der Waals surface area (Å²) in [5, 5.41) is 8.88. The van der Waals surface area contributed by atoms with Crippen molar-refractivity contribution in [3.05, 3.63) is 29.8 Å². The first kappa shape index (κ1) is 13.4. The summed E-state index contributed by atoms with van der Waals surface area (Å²) in [5.41, 5.74) is 2.78. The normalized spacial score (nSPS) is 11.9. The summed E-state index contributed by atoms with van der Waals surface area (Å²) < 4.78 is 10.3. The first-order valence-corrected chi connectivity index (χ1v) is 5.07. The summed E-state index contributed by atoms with van der Waals surface area (Å²) in [7, 11) is 1.47. The molecular formula is C11H16N2O4. The molecule has 0 aliphatic carbocycles. The molecule has 94 valence electrons. The Morgan fingerprint density at radius 3 is 2.59 bits per heavy atom. The number of nitrogens with two attached hydrogens (primary N) is 1. The van der Waals surface area contributed by atoms with Crippen molar-refractivity contribution in [1.29, 1.82) is 0 Å². The molecule has 0 fully saturated rings. The Balaban J connectivity index is 2.68. The number of aliphatic hydroxyl groups is 1. The van der Waals surface area contributed by atoms with Crippen LogP contribution in [0.4, 0.5) is 0 Å². The third kappa shape index (κ3) is 4.03. The lowest BCUT2D eigenvalue weighted by atomic mass is 10.2. The van der Waals surface area contributed by atoms with Crippen LogP contribution in [-0.4, -0.2) is 30.8 Å². The van der Waals surface area contributed by atoms with E-state index in [2.05, 4.69) is 0 Å². The van der Waals surface area contributed by atoms with Crippen molar-refractivity contribution in [1.82, 2.24) is 5.43 Å². The molecule has 1 aromatic rings. The van der Waals surface area contributed by atoms with Gasteiger partial charge in [0, 0.05) is 7.11 Å². The molecule has 0 heterocycles. The molecule has 6 heteroatoms. The molecule has 0 aromatic heterocycles. The van der Waals surface area contributed by atoms with Crippen molar-refractivity contribution in [2.75, 3.05) is 13.7 Å². The molecule has 0 spiro atoms. The van der Waals surface area contributed by atoms with Gasteiger partial charge in [0.2, 0.25) is 6.10 Å². The molecule has 1 atom stereocenters. The van der Waals surface area contributed by atoms with Gasteiger partial charge in [0.25, 0.3) is 5.91 Å². The molecule has 17 heavy (non-hydrogen) atoms. The SMILES string of the molecule is COCC(Oc1ccc(CO)cc1)C(=O)NN. The van der Waals surface area contributed by atoms with Crippen molar-refractivity contribution in [2.24, 2.45) is 5.84 Å². The molecule has 0 radical (unpaired) electrons. The third-order valence-electron chi connectivity index (χ3n) is 2.14. The van der Waals surface area contributed by atoms with Crippen LogP contribution in [0.2, 0.25) is 0 Å². The second-order valence-corrected chi connectivity index (χ2v) is 3.37. The molecule has 0 bridgehead atoms. The molecule has 0 saturated carbocycles. The van der Waals surface area contributed by atoms with E-state index in [1.807, 2.05) is 5.43 Å². The molecule has 0 saturated heterocycles. The zero-order valence-electron chi connectivity index (χ0n) is 9.55. The Morgan fingerprint density at radius 1 is 1.47 bits per heavy atom. The maximum atomic E-state index is 11.3. The largest absolute Gasteiger partial charge is 0.478 e. The number of ether oxygens (including phenoxy) is 2. The number of benzene rings is 1. The zero-order chi connectivity index (χ0) is 12.7. The minimum absolute atomic E-state index is 0.0366. The second kappa shape index (κ2) is 6.85. The summed E-state index contributed by atoms with van der Waals surface area (Å²) in [4.78, 5) is 11.3. The maximum absolute atomic E-state index is 11.3. The minimum atomic E-state index is -0.801. The predicted octanol–water partition coefficient (Wildman–Crippen LogP) is -0.437. The average molecular weight is 240 g/mol. The lowest BCUT2D eigenvalue weighted by molar-refractivity contribution is -0.130. The van der Waals surface area contributed by atoms with Crippen molar-refractivity contribution >= 4 is 5.91 Å². The number of carbonyl (C=O) groups is 1. The quantitative estimate of drug-likeness (QED) is 0.356. The van der Waals surface area contributed by atoms with Crippen LogP contribution in [0.5, 0.6) is 5.75 Å².